The van der Waals surface area contributed by atoms with Crippen molar-refractivity contribution in [1.29, 1.82) is 0 Å². The van der Waals surface area contributed by atoms with Crippen molar-refractivity contribution in [2.24, 2.45) is 0 Å². The van der Waals surface area contributed by atoms with Crippen LogP contribution in [-0.2, 0) is 11.2 Å². The minimum absolute atomic E-state index is 0.0157. The third kappa shape index (κ3) is 3.73. The Morgan fingerprint density at radius 1 is 1.45 bits per heavy atom. The van der Waals surface area contributed by atoms with Crippen molar-refractivity contribution in [3.05, 3.63) is 21.3 Å². The van der Waals surface area contributed by atoms with E-state index in [9.17, 15) is 9.59 Å². The third-order valence-corrected chi connectivity index (χ3v) is 3.78. The van der Waals surface area contributed by atoms with Crippen LogP contribution in [0.3, 0.4) is 0 Å². The molecule has 20 heavy (non-hydrogen) atoms. The predicted molar refractivity (Wildman–Crippen MR) is 74.8 cm³/mol. The van der Waals surface area contributed by atoms with Crippen LogP contribution in [0.2, 0.25) is 0 Å². The zero-order valence-corrected chi connectivity index (χ0v) is 12.1. The van der Waals surface area contributed by atoms with Gasteiger partial charge in [0.1, 0.15) is 10.8 Å². The van der Waals surface area contributed by atoms with Crippen LogP contribution in [0.25, 0.3) is 0 Å². The maximum Gasteiger partial charge on any atom is 0.340 e. The molecule has 0 radical (unpaired) electrons. The zero-order chi connectivity index (χ0) is 14.5. The van der Waals surface area contributed by atoms with Gasteiger partial charge in [-0.3, -0.25) is 9.78 Å². The molecule has 0 saturated heterocycles. The van der Waals surface area contributed by atoms with Crippen molar-refractivity contribution in [3.8, 4) is 0 Å². The first kappa shape index (κ1) is 14.4. The standard InChI is InChI=1S/C11H16N6O2S/c1-3-4-6(2)9-15-17-11(20-9)13-8(18)5-7-12-10(19)16-14-7/h6H,3-5H2,1-2H3,(H,13,17,18)(H2,12,14,16,19)/t6-/m0/s1. The summed E-state index contributed by atoms with van der Waals surface area (Å²) in [6.45, 7) is 4.20. The molecule has 0 aliphatic carbocycles. The Kier molecular flexibility index (Phi) is 4.61. The largest absolute Gasteiger partial charge is 0.340 e. The van der Waals surface area contributed by atoms with Gasteiger partial charge in [-0.1, -0.05) is 31.6 Å². The van der Waals surface area contributed by atoms with Crippen LogP contribution in [-0.4, -0.2) is 31.3 Å². The quantitative estimate of drug-likeness (QED) is 0.736. The lowest BCUT2D eigenvalue weighted by molar-refractivity contribution is -0.115. The number of nitrogens with zero attached hydrogens (tertiary/aromatic N) is 3. The van der Waals surface area contributed by atoms with E-state index in [2.05, 4.69) is 44.5 Å². The van der Waals surface area contributed by atoms with Gasteiger partial charge in [0.15, 0.2) is 0 Å². The van der Waals surface area contributed by atoms with Crippen molar-refractivity contribution >= 4 is 22.4 Å². The van der Waals surface area contributed by atoms with E-state index >= 15 is 0 Å². The van der Waals surface area contributed by atoms with Gasteiger partial charge in [0.2, 0.25) is 11.0 Å². The third-order valence-electron chi connectivity index (χ3n) is 2.71. The maximum absolute atomic E-state index is 11.7. The average molecular weight is 296 g/mol. The molecule has 8 nitrogen and oxygen atoms in total. The zero-order valence-electron chi connectivity index (χ0n) is 11.3. The first-order chi connectivity index (χ1) is 9.58. The highest BCUT2D eigenvalue weighted by Crippen LogP contribution is 2.26. The van der Waals surface area contributed by atoms with Crippen LogP contribution in [0.1, 0.15) is 43.4 Å². The molecule has 0 aliphatic heterocycles. The first-order valence-electron chi connectivity index (χ1n) is 6.35. The highest BCUT2D eigenvalue weighted by atomic mass is 32.1. The molecule has 2 heterocycles. The maximum atomic E-state index is 11.7. The molecule has 9 heteroatoms. The van der Waals surface area contributed by atoms with Gasteiger partial charge < -0.3 is 5.32 Å². The van der Waals surface area contributed by atoms with Crippen molar-refractivity contribution in [3.63, 3.8) is 0 Å². The number of hydrogen-bond acceptors (Lipinski definition) is 6. The Morgan fingerprint density at radius 2 is 2.25 bits per heavy atom. The predicted octanol–water partition coefficient (Wildman–Crippen LogP) is 1.03. The Hall–Kier alpha value is -2.03. The van der Waals surface area contributed by atoms with Gasteiger partial charge in [0.25, 0.3) is 0 Å². The molecule has 0 aromatic carbocycles. The highest BCUT2D eigenvalue weighted by molar-refractivity contribution is 7.15. The van der Waals surface area contributed by atoms with Gasteiger partial charge >= 0.3 is 5.69 Å². The fraction of sp³-hybridized carbons (Fsp3) is 0.545. The molecular weight excluding hydrogens is 280 g/mol. The molecule has 0 aliphatic rings. The summed E-state index contributed by atoms with van der Waals surface area (Å²) in [6.07, 6.45) is 2.10. The van der Waals surface area contributed by atoms with Gasteiger partial charge in [-0.25, -0.2) is 9.89 Å². The lowest BCUT2D eigenvalue weighted by Gasteiger charge is -2.03. The van der Waals surface area contributed by atoms with Crippen LogP contribution < -0.4 is 11.0 Å². The summed E-state index contributed by atoms with van der Waals surface area (Å²) >= 11 is 1.37. The topological polar surface area (TPSA) is 116 Å². The van der Waals surface area contributed by atoms with Crippen LogP contribution in [0, 0.1) is 0 Å². The number of hydrogen-bond donors (Lipinski definition) is 3. The van der Waals surface area contributed by atoms with Crippen molar-refractivity contribution in [2.75, 3.05) is 5.32 Å². The molecule has 1 amide bonds. The fourth-order valence-corrected chi connectivity index (χ4v) is 2.59. The molecule has 0 fully saturated rings. The van der Waals surface area contributed by atoms with E-state index in [1.165, 1.54) is 11.3 Å². The Labute approximate surface area is 119 Å². The molecule has 0 spiro atoms. The summed E-state index contributed by atoms with van der Waals surface area (Å²) in [6, 6.07) is 0. The summed E-state index contributed by atoms with van der Waals surface area (Å²) in [4.78, 5) is 25.0. The molecule has 3 N–H and O–H groups in total. The number of carbonyl (C=O) groups is 1. The van der Waals surface area contributed by atoms with Gasteiger partial charge in [-0.15, -0.1) is 10.2 Å². The number of nitrogens with one attached hydrogen (secondary N) is 3. The number of H-pyrrole nitrogens is 2. The van der Waals surface area contributed by atoms with Gasteiger partial charge in [0.05, 0.1) is 6.42 Å². The summed E-state index contributed by atoms with van der Waals surface area (Å²) in [5.74, 6) is 0.334. The molecule has 2 rings (SSSR count). The monoisotopic (exact) mass is 296 g/mol. The Balaban J connectivity index is 1.93. The normalized spacial score (nSPS) is 12.3. The lowest BCUT2D eigenvalue weighted by Crippen LogP contribution is -2.15. The van der Waals surface area contributed by atoms with E-state index in [0.717, 1.165) is 17.8 Å². The number of aromatic amines is 2. The second-order valence-corrected chi connectivity index (χ2v) is 5.49. The van der Waals surface area contributed by atoms with E-state index in [0.29, 0.717) is 11.0 Å². The van der Waals surface area contributed by atoms with E-state index in [-0.39, 0.29) is 18.2 Å². The van der Waals surface area contributed by atoms with Crippen LogP contribution in [0.5, 0.6) is 0 Å². The summed E-state index contributed by atoms with van der Waals surface area (Å²) in [5.41, 5.74) is -0.431. The highest BCUT2D eigenvalue weighted by Gasteiger charge is 2.14. The fourth-order valence-electron chi connectivity index (χ4n) is 1.75. The van der Waals surface area contributed by atoms with Crippen LogP contribution >= 0.6 is 11.3 Å². The Morgan fingerprint density at radius 3 is 2.90 bits per heavy atom. The number of amides is 1. The second-order valence-electron chi connectivity index (χ2n) is 4.48. The molecule has 0 saturated carbocycles. The summed E-state index contributed by atoms with van der Waals surface area (Å²) in [5, 5.41) is 17.9. The average Bonchev–Trinajstić information content (AvgIpc) is 2.99. The van der Waals surface area contributed by atoms with Gasteiger partial charge in [-0.2, -0.15) is 5.10 Å². The number of carbonyl (C=O) groups excluding carboxylic acids is 1. The van der Waals surface area contributed by atoms with E-state index in [4.69, 9.17) is 0 Å². The summed E-state index contributed by atoms with van der Waals surface area (Å²) < 4.78 is 0. The van der Waals surface area contributed by atoms with Crippen LogP contribution in [0.15, 0.2) is 4.79 Å². The SMILES string of the molecule is CCC[C@H](C)c1nnc(NC(=O)Cc2n[nH]c(=O)[nH]2)s1. The second kappa shape index (κ2) is 6.42. The first-order valence-corrected chi connectivity index (χ1v) is 7.17. The summed E-state index contributed by atoms with van der Waals surface area (Å²) in [7, 11) is 0. The molecule has 0 bridgehead atoms. The number of rotatable bonds is 6. The number of anilines is 1. The Bertz CT molecular complexity index is 631. The lowest BCUT2D eigenvalue weighted by atomic mass is 10.1. The minimum atomic E-state index is -0.431. The molecule has 108 valence electrons. The smallest absolute Gasteiger partial charge is 0.300 e. The minimum Gasteiger partial charge on any atom is -0.300 e. The van der Waals surface area contributed by atoms with Crippen molar-refractivity contribution in [2.45, 2.75) is 39.0 Å². The molecular formula is C11H16N6O2S. The van der Waals surface area contributed by atoms with Gasteiger partial charge in [-0.05, 0) is 6.42 Å². The van der Waals surface area contributed by atoms with E-state index in [1.807, 2.05) is 0 Å². The van der Waals surface area contributed by atoms with Crippen molar-refractivity contribution < 1.29 is 4.79 Å². The molecule has 2 aromatic rings. The van der Waals surface area contributed by atoms with E-state index in [1.54, 1.807) is 0 Å². The molecule has 1 atom stereocenters. The van der Waals surface area contributed by atoms with E-state index < -0.39 is 5.69 Å². The molecule has 0 unspecified atom stereocenters. The van der Waals surface area contributed by atoms with Crippen molar-refractivity contribution in [1.82, 2.24) is 25.4 Å². The van der Waals surface area contributed by atoms with Crippen LogP contribution in [0.4, 0.5) is 5.13 Å². The molecule has 2 aromatic heterocycles. The van der Waals surface area contributed by atoms with Gasteiger partial charge in [0, 0.05) is 5.92 Å². The number of aromatic nitrogens is 5.